The maximum atomic E-state index is 10.6. The molecule has 0 aliphatic heterocycles. The number of hydrogen-bond donors (Lipinski definition) is 0. The molecule has 0 spiro atoms. The van der Waals surface area contributed by atoms with Gasteiger partial charge in [0.25, 0.3) is 0 Å². The van der Waals surface area contributed by atoms with Crippen molar-refractivity contribution >= 4 is 6.29 Å². The largest absolute Gasteiger partial charge is 0.322 e. The third-order valence-corrected chi connectivity index (χ3v) is 2.40. The smallest absolute Gasteiger partial charge is 0.151 e. The van der Waals surface area contributed by atoms with E-state index in [1.165, 1.54) is 0 Å². The van der Waals surface area contributed by atoms with Crippen LogP contribution in [0.5, 0.6) is 0 Å². The Balaban J connectivity index is 2.58. The molecule has 0 amide bonds. The highest BCUT2D eigenvalue weighted by Crippen LogP contribution is 2.17. The summed E-state index contributed by atoms with van der Waals surface area (Å²) in [4.78, 5) is 10.6. The van der Waals surface area contributed by atoms with Gasteiger partial charge in [-0.3, -0.25) is 4.79 Å². The van der Waals surface area contributed by atoms with Crippen molar-refractivity contribution in [1.82, 2.24) is 4.57 Å². The summed E-state index contributed by atoms with van der Waals surface area (Å²) in [5.41, 5.74) is 3.08. The predicted molar refractivity (Wildman–Crippen MR) is 60.6 cm³/mol. The predicted octanol–water partition coefficient (Wildman–Crippen LogP) is 2.47. The Kier molecular flexibility index (Phi) is 2.57. The Morgan fingerprint density at radius 1 is 1.38 bits per heavy atom. The third kappa shape index (κ3) is 1.73. The van der Waals surface area contributed by atoms with Gasteiger partial charge in [-0.2, -0.15) is 5.26 Å². The van der Waals surface area contributed by atoms with Crippen LogP contribution in [0.4, 0.5) is 0 Å². The van der Waals surface area contributed by atoms with Gasteiger partial charge in [-0.1, -0.05) is 6.07 Å². The molecule has 1 aromatic heterocycles. The van der Waals surface area contributed by atoms with E-state index in [2.05, 4.69) is 6.07 Å². The second kappa shape index (κ2) is 4.03. The summed E-state index contributed by atoms with van der Waals surface area (Å²) < 4.78 is 1.79. The lowest BCUT2D eigenvalue weighted by Gasteiger charge is -2.06. The van der Waals surface area contributed by atoms with E-state index >= 15 is 0 Å². The molecule has 0 saturated carbocycles. The first kappa shape index (κ1) is 10.2. The number of aromatic nitrogens is 1. The lowest BCUT2D eigenvalue weighted by Crippen LogP contribution is -1.95. The van der Waals surface area contributed by atoms with E-state index < -0.39 is 0 Å². The van der Waals surface area contributed by atoms with Crippen molar-refractivity contribution in [3.63, 3.8) is 0 Å². The van der Waals surface area contributed by atoms with Gasteiger partial charge in [0.15, 0.2) is 6.29 Å². The van der Waals surface area contributed by atoms with E-state index in [0.717, 1.165) is 17.5 Å². The molecular weight excluding hydrogens is 200 g/mol. The molecule has 1 aromatic carbocycles. The van der Waals surface area contributed by atoms with Gasteiger partial charge in [-0.15, -0.1) is 0 Å². The Morgan fingerprint density at radius 2 is 2.19 bits per heavy atom. The number of aryl methyl sites for hydroxylation is 1. The zero-order valence-electron chi connectivity index (χ0n) is 8.84. The summed E-state index contributed by atoms with van der Waals surface area (Å²) >= 11 is 0. The fourth-order valence-corrected chi connectivity index (χ4v) is 1.58. The van der Waals surface area contributed by atoms with Crippen LogP contribution >= 0.6 is 0 Å². The van der Waals surface area contributed by atoms with Crippen LogP contribution in [0, 0.1) is 18.3 Å². The molecule has 0 saturated heterocycles. The summed E-state index contributed by atoms with van der Waals surface area (Å²) in [7, 11) is 0. The second-order valence-electron chi connectivity index (χ2n) is 3.60. The number of carbonyl (C=O) groups excluding carboxylic acids is 1. The topological polar surface area (TPSA) is 45.8 Å². The van der Waals surface area contributed by atoms with E-state index in [1.54, 1.807) is 29.1 Å². The molecule has 0 bridgehead atoms. The molecule has 2 rings (SSSR count). The van der Waals surface area contributed by atoms with Crippen LogP contribution in [-0.4, -0.2) is 10.9 Å². The average molecular weight is 210 g/mol. The zero-order valence-corrected chi connectivity index (χ0v) is 8.84. The minimum absolute atomic E-state index is 0.596. The standard InChI is InChI=1S/C13H10N2O/c1-10-2-3-12(7-14)13(6-10)15-5-4-11(8-15)9-16/h2-6,8-9H,1H3. The first-order chi connectivity index (χ1) is 7.74. The average Bonchev–Trinajstić information content (AvgIpc) is 2.77. The Bertz CT molecular complexity index is 576. The van der Waals surface area contributed by atoms with Gasteiger partial charge < -0.3 is 4.57 Å². The number of nitriles is 1. The summed E-state index contributed by atoms with van der Waals surface area (Å²) in [5, 5.41) is 9.00. The van der Waals surface area contributed by atoms with E-state index in [4.69, 9.17) is 5.26 Å². The van der Waals surface area contributed by atoms with Gasteiger partial charge in [0, 0.05) is 18.0 Å². The number of nitrogens with zero attached hydrogens (tertiary/aromatic N) is 2. The van der Waals surface area contributed by atoms with Crippen molar-refractivity contribution in [1.29, 1.82) is 5.26 Å². The van der Waals surface area contributed by atoms with Crippen molar-refractivity contribution in [2.45, 2.75) is 6.92 Å². The number of benzene rings is 1. The van der Waals surface area contributed by atoms with Crippen LogP contribution in [0.25, 0.3) is 5.69 Å². The quantitative estimate of drug-likeness (QED) is 0.715. The number of aldehydes is 1. The summed E-state index contributed by atoms with van der Waals surface area (Å²) in [6, 6.07) is 9.46. The fraction of sp³-hybridized carbons (Fsp3) is 0.0769. The molecule has 0 fully saturated rings. The first-order valence-electron chi connectivity index (χ1n) is 4.89. The Morgan fingerprint density at radius 3 is 2.81 bits per heavy atom. The van der Waals surface area contributed by atoms with Crippen LogP contribution in [0.15, 0.2) is 36.7 Å². The van der Waals surface area contributed by atoms with Gasteiger partial charge in [0.05, 0.1) is 11.3 Å². The van der Waals surface area contributed by atoms with Crippen molar-refractivity contribution in [2.24, 2.45) is 0 Å². The van der Waals surface area contributed by atoms with Gasteiger partial charge in [0.2, 0.25) is 0 Å². The molecule has 3 heteroatoms. The number of rotatable bonds is 2. The molecule has 78 valence electrons. The molecule has 0 radical (unpaired) electrons. The summed E-state index contributed by atoms with van der Waals surface area (Å²) in [6.07, 6.45) is 4.28. The molecule has 0 aliphatic carbocycles. The van der Waals surface area contributed by atoms with Gasteiger partial charge in [-0.25, -0.2) is 0 Å². The summed E-state index contributed by atoms with van der Waals surface area (Å²) in [5.74, 6) is 0. The molecule has 1 heterocycles. The molecule has 16 heavy (non-hydrogen) atoms. The third-order valence-electron chi connectivity index (χ3n) is 2.40. The lowest BCUT2D eigenvalue weighted by atomic mass is 10.1. The van der Waals surface area contributed by atoms with Gasteiger partial charge in [0.1, 0.15) is 6.07 Å². The van der Waals surface area contributed by atoms with Crippen molar-refractivity contribution < 1.29 is 4.79 Å². The molecule has 0 N–H and O–H groups in total. The first-order valence-corrected chi connectivity index (χ1v) is 4.89. The van der Waals surface area contributed by atoms with Crippen LogP contribution in [0.3, 0.4) is 0 Å². The highest BCUT2D eigenvalue weighted by atomic mass is 16.1. The van der Waals surface area contributed by atoms with E-state index in [1.807, 2.05) is 19.1 Å². The molecule has 2 aromatic rings. The lowest BCUT2D eigenvalue weighted by molar-refractivity contribution is 0.112. The van der Waals surface area contributed by atoms with Crippen LogP contribution in [0.1, 0.15) is 21.5 Å². The highest BCUT2D eigenvalue weighted by Gasteiger charge is 2.04. The molecule has 0 atom stereocenters. The zero-order chi connectivity index (χ0) is 11.5. The minimum Gasteiger partial charge on any atom is -0.322 e. The Labute approximate surface area is 93.6 Å². The minimum atomic E-state index is 0.596. The normalized spacial score (nSPS) is 9.75. The van der Waals surface area contributed by atoms with Crippen LogP contribution in [-0.2, 0) is 0 Å². The second-order valence-corrected chi connectivity index (χ2v) is 3.60. The maximum Gasteiger partial charge on any atom is 0.151 e. The van der Waals surface area contributed by atoms with Crippen molar-refractivity contribution in [2.75, 3.05) is 0 Å². The SMILES string of the molecule is Cc1ccc(C#N)c(-n2ccc(C=O)c2)c1. The van der Waals surface area contributed by atoms with Crippen molar-refractivity contribution in [3.05, 3.63) is 53.3 Å². The van der Waals surface area contributed by atoms with Gasteiger partial charge in [-0.05, 0) is 30.7 Å². The van der Waals surface area contributed by atoms with E-state index in [0.29, 0.717) is 11.1 Å². The number of carbonyl (C=O) groups is 1. The van der Waals surface area contributed by atoms with Crippen LogP contribution in [0.2, 0.25) is 0 Å². The van der Waals surface area contributed by atoms with Crippen LogP contribution < -0.4 is 0 Å². The highest BCUT2D eigenvalue weighted by molar-refractivity contribution is 5.74. The molecular formula is C13H10N2O. The number of hydrogen-bond acceptors (Lipinski definition) is 2. The summed E-state index contributed by atoms with van der Waals surface area (Å²) in [6.45, 7) is 1.97. The van der Waals surface area contributed by atoms with Crippen molar-refractivity contribution in [3.8, 4) is 11.8 Å². The monoisotopic (exact) mass is 210 g/mol. The van der Waals surface area contributed by atoms with Gasteiger partial charge >= 0.3 is 0 Å². The van der Waals surface area contributed by atoms with E-state index in [-0.39, 0.29) is 0 Å². The molecule has 0 aliphatic rings. The van der Waals surface area contributed by atoms with E-state index in [9.17, 15) is 4.79 Å². The molecule has 0 unspecified atom stereocenters. The maximum absolute atomic E-state index is 10.6. The fourth-order valence-electron chi connectivity index (χ4n) is 1.58. The Hall–Kier alpha value is -2.34. The molecule has 3 nitrogen and oxygen atoms in total.